The van der Waals surface area contributed by atoms with Gasteiger partial charge in [0.15, 0.2) is 0 Å². The van der Waals surface area contributed by atoms with Gasteiger partial charge in [0.1, 0.15) is 0 Å². The summed E-state index contributed by atoms with van der Waals surface area (Å²) in [6, 6.07) is 2.02. The molecule has 5 heteroatoms. The van der Waals surface area contributed by atoms with Crippen molar-refractivity contribution in [1.29, 1.82) is 0 Å². The highest BCUT2D eigenvalue weighted by atomic mass is 16.5. The van der Waals surface area contributed by atoms with E-state index in [0.29, 0.717) is 0 Å². The highest BCUT2D eigenvalue weighted by Gasteiger charge is 2.55. The van der Waals surface area contributed by atoms with E-state index in [4.69, 9.17) is 4.74 Å². The fourth-order valence-corrected chi connectivity index (χ4v) is 4.67. The summed E-state index contributed by atoms with van der Waals surface area (Å²) >= 11 is 0. The molecule has 1 saturated heterocycles. The summed E-state index contributed by atoms with van der Waals surface area (Å²) in [6.07, 6.45) is 4.76. The summed E-state index contributed by atoms with van der Waals surface area (Å²) in [5.41, 5.74) is 2.51. The zero-order valence-corrected chi connectivity index (χ0v) is 16.1. The summed E-state index contributed by atoms with van der Waals surface area (Å²) in [5, 5.41) is 10.5. The molecule has 3 rings (SSSR count). The van der Waals surface area contributed by atoms with E-state index >= 15 is 0 Å². The molecule has 1 aromatic rings. The molecule has 1 N–H and O–H groups in total. The van der Waals surface area contributed by atoms with E-state index in [-0.39, 0.29) is 11.3 Å². The lowest BCUT2D eigenvalue weighted by atomic mass is 9.53. The summed E-state index contributed by atoms with van der Waals surface area (Å²) in [6.45, 7) is 9.17. The largest absolute Gasteiger partial charge is 0.390 e. The van der Waals surface area contributed by atoms with Crippen molar-refractivity contribution in [2.24, 2.45) is 5.41 Å². The summed E-state index contributed by atoms with van der Waals surface area (Å²) < 4.78 is 7.35. The number of hydrogen-bond donors (Lipinski definition) is 1. The first-order chi connectivity index (χ1) is 11.8. The van der Waals surface area contributed by atoms with Crippen LogP contribution in [0, 0.1) is 19.3 Å². The number of carbonyl (C=O) groups is 1. The Morgan fingerprint density at radius 2 is 1.92 bits per heavy atom. The molecule has 1 aliphatic carbocycles. The zero-order valence-electron chi connectivity index (χ0n) is 16.1. The molecular formula is C20H32N2O3. The zero-order chi connectivity index (χ0) is 18.2. The molecule has 0 aromatic carbocycles. The Balaban J connectivity index is 1.67. The minimum atomic E-state index is -0.542. The summed E-state index contributed by atoms with van der Waals surface area (Å²) in [7, 11) is 1.72. The minimum absolute atomic E-state index is 0.0425. The van der Waals surface area contributed by atoms with Gasteiger partial charge in [0.25, 0.3) is 5.91 Å². The molecule has 0 bridgehead atoms. The molecule has 25 heavy (non-hydrogen) atoms. The van der Waals surface area contributed by atoms with Gasteiger partial charge in [-0.2, -0.15) is 0 Å². The van der Waals surface area contributed by atoms with Gasteiger partial charge in [0, 0.05) is 50.2 Å². The molecule has 2 aliphatic rings. The quantitative estimate of drug-likeness (QED) is 0.833. The highest BCUT2D eigenvalue weighted by Crippen LogP contribution is 2.56. The van der Waals surface area contributed by atoms with E-state index in [1.165, 1.54) is 0 Å². The van der Waals surface area contributed by atoms with Gasteiger partial charge >= 0.3 is 0 Å². The van der Waals surface area contributed by atoms with E-state index in [9.17, 15) is 9.90 Å². The molecule has 1 saturated carbocycles. The van der Waals surface area contributed by atoms with Crippen molar-refractivity contribution in [3.05, 3.63) is 23.0 Å². The minimum Gasteiger partial charge on any atom is -0.390 e. The number of methoxy groups -OCH3 is 1. The molecule has 1 spiro atoms. The van der Waals surface area contributed by atoms with Gasteiger partial charge in [-0.15, -0.1) is 0 Å². The van der Waals surface area contributed by atoms with Crippen LogP contribution in [0.15, 0.2) is 6.07 Å². The maximum absolute atomic E-state index is 13.0. The molecule has 140 valence electrons. The Kier molecular flexibility index (Phi) is 5.00. The first kappa shape index (κ1) is 18.5. The number of aliphatic hydroxyl groups is 1. The van der Waals surface area contributed by atoms with E-state index in [2.05, 4.69) is 11.5 Å². The van der Waals surface area contributed by atoms with Gasteiger partial charge in [0.05, 0.1) is 11.2 Å². The van der Waals surface area contributed by atoms with E-state index in [0.717, 1.165) is 75.3 Å². The standard InChI is InChI=1S/C20H32N2O3/c1-15-14-17(16(2)22(15)10-5-13-25-4)18(23)21-11-8-20(9-12-21)7-6-19(20,3)24/h14,24H,5-13H2,1-4H3. The van der Waals surface area contributed by atoms with Crippen molar-refractivity contribution in [2.45, 2.75) is 65.0 Å². The fraction of sp³-hybridized carbons (Fsp3) is 0.750. The Bertz CT molecular complexity index is 640. The number of rotatable bonds is 5. The first-order valence-electron chi connectivity index (χ1n) is 9.49. The third-order valence-electron chi connectivity index (χ3n) is 6.77. The van der Waals surface area contributed by atoms with E-state index in [1.807, 2.05) is 24.8 Å². The number of hydrogen-bond acceptors (Lipinski definition) is 3. The number of amides is 1. The number of nitrogens with zero attached hydrogens (tertiary/aromatic N) is 2. The molecule has 2 heterocycles. The molecule has 1 amide bonds. The molecule has 5 nitrogen and oxygen atoms in total. The maximum Gasteiger partial charge on any atom is 0.255 e. The van der Waals surface area contributed by atoms with Crippen LogP contribution in [0.3, 0.4) is 0 Å². The maximum atomic E-state index is 13.0. The van der Waals surface area contributed by atoms with E-state index < -0.39 is 5.60 Å². The van der Waals surface area contributed by atoms with Crippen LogP contribution in [0.5, 0.6) is 0 Å². The van der Waals surface area contributed by atoms with Crippen LogP contribution in [-0.4, -0.2) is 52.9 Å². The molecule has 1 atom stereocenters. The highest BCUT2D eigenvalue weighted by molar-refractivity contribution is 5.95. The Morgan fingerprint density at radius 1 is 1.24 bits per heavy atom. The van der Waals surface area contributed by atoms with Crippen molar-refractivity contribution in [2.75, 3.05) is 26.8 Å². The Hall–Kier alpha value is -1.33. The fourth-order valence-electron chi connectivity index (χ4n) is 4.67. The smallest absolute Gasteiger partial charge is 0.255 e. The van der Waals surface area contributed by atoms with Crippen LogP contribution < -0.4 is 0 Å². The third kappa shape index (κ3) is 3.13. The second-order valence-electron chi connectivity index (χ2n) is 8.13. The van der Waals surface area contributed by atoms with Gasteiger partial charge < -0.3 is 19.3 Å². The van der Waals surface area contributed by atoms with Crippen LogP contribution in [0.4, 0.5) is 0 Å². The molecule has 2 fully saturated rings. The number of likely N-dealkylation sites (tertiary alicyclic amines) is 1. The topological polar surface area (TPSA) is 54.7 Å². The van der Waals surface area contributed by atoms with Crippen LogP contribution >= 0.6 is 0 Å². The average Bonchev–Trinajstić information content (AvgIpc) is 2.88. The second kappa shape index (κ2) is 6.76. The van der Waals surface area contributed by atoms with Crippen molar-refractivity contribution >= 4 is 5.91 Å². The molecule has 0 radical (unpaired) electrons. The first-order valence-corrected chi connectivity index (χ1v) is 9.49. The lowest BCUT2D eigenvalue weighted by molar-refractivity contribution is -0.174. The van der Waals surface area contributed by atoms with Crippen LogP contribution in [0.25, 0.3) is 0 Å². The number of piperidine rings is 1. The van der Waals surface area contributed by atoms with Crippen molar-refractivity contribution in [3.63, 3.8) is 0 Å². The van der Waals surface area contributed by atoms with Crippen LogP contribution in [-0.2, 0) is 11.3 Å². The number of aryl methyl sites for hydroxylation is 1. The van der Waals surface area contributed by atoms with Crippen LogP contribution in [0.2, 0.25) is 0 Å². The molecule has 1 aliphatic heterocycles. The van der Waals surface area contributed by atoms with Gasteiger partial charge in [-0.1, -0.05) is 0 Å². The number of ether oxygens (including phenoxy) is 1. The van der Waals surface area contributed by atoms with Gasteiger partial charge in [-0.3, -0.25) is 4.79 Å². The third-order valence-corrected chi connectivity index (χ3v) is 6.77. The van der Waals surface area contributed by atoms with Gasteiger partial charge in [-0.05, 0) is 58.9 Å². The van der Waals surface area contributed by atoms with Gasteiger partial charge in [0.2, 0.25) is 0 Å². The SMILES string of the molecule is COCCCn1c(C)cc(C(=O)N2CCC3(CC2)CCC3(C)O)c1C. The average molecular weight is 348 g/mol. The normalized spacial score (nSPS) is 25.2. The number of aromatic nitrogens is 1. The number of carbonyl (C=O) groups excluding carboxylic acids is 1. The molecule has 1 unspecified atom stereocenters. The second-order valence-corrected chi connectivity index (χ2v) is 8.13. The van der Waals surface area contributed by atoms with Crippen molar-refractivity contribution in [3.8, 4) is 0 Å². The van der Waals surface area contributed by atoms with E-state index in [1.54, 1.807) is 7.11 Å². The summed E-state index contributed by atoms with van der Waals surface area (Å²) in [4.78, 5) is 15.0. The monoisotopic (exact) mass is 348 g/mol. The summed E-state index contributed by atoms with van der Waals surface area (Å²) in [5.74, 6) is 0.139. The van der Waals surface area contributed by atoms with Crippen molar-refractivity contribution in [1.82, 2.24) is 9.47 Å². The lowest BCUT2D eigenvalue weighted by Gasteiger charge is -2.58. The van der Waals surface area contributed by atoms with Crippen molar-refractivity contribution < 1.29 is 14.6 Å². The Labute approximate surface area is 151 Å². The predicted octanol–water partition coefficient (Wildman–Crippen LogP) is 2.91. The molecular weight excluding hydrogens is 316 g/mol. The Morgan fingerprint density at radius 3 is 2.44 bits per heavy atom. The molecule has 1 aromatic heterocycles. The predicted molar refractivity (Wildman–Crippen MR) is 97.8 cm³/mol. The van der Waals surface area contributed by atoms with Crippen LogP contribution in [0.1, 0.15) is 60.8 Å². The lowest BCUT2D eigenvalue weighted by Crippen LogP contribution is -2.60. The van der Waals surface area contributed by atoms with Gasteiger partial charge in [-0.25, -0.2) is 0 Å².